The number of hydrogen-bond donors (Lipinski definition) is 1. The van der Waals surface area contributed by atoms with Crippen molar-refractivity contribution in [3.05, 3.63) is 47.5 Å². The number of carbonyl (C=O) groups is 1. The molecule has 0 spiro atoms. The molecular formula is C24H27NO6. The van der Waals surface area contributed by atoms with E-state index < -0.39 is 0 Å². The van der Waals surface area contributed by atoms with Gasteiger partial charge in [0.1, 0.15) is 25.4 Å². The molecule has 1 N–H and O–H groups in total. The van der Waals surface area contributed by atoms with Crippen LogP contribution >= 0.6 is 0 Å². The average molecular weight is 425 g/mol. The van der Waals surface area contributed by atoms with E-state index in [1.54, 1.807) is 19.3 Å². The highest BCUT2D eigenvalue weighted by Crippen LogP contribution is 2.42. The molecule has 164 valence electrons. The summed E-state index contributed by atoms with van der Waals surface area (Å²) in [6.07, 6.45) is 4.03. The topological polar surface area (TPSA) is 75.3 Å². The number of nitrogens with one attached hydrogen (secondary N) is 1. The van der Waals surface area contributed by atoms with Crippen LogP contribution in [0.3, 0.4) is 0 Å². The fourth-order valence-corrected chi connectivity index (χ4v) is 3.66. The number of benzene rings is 2. The van der Waals surface area contributed by atoms with E-state index in [1.807, 2.05) is 18.2 Å². The fourth-order valence-electron chi connectivity index (χ4n) is 3.66. The first-order valence-corrected chi connectivity index (χ1v) is 10.3. The van der Waals surface area contributed by atoms with Gasteiger partial charge in [-0.25, -0.2) is 0 Å². The van der Waals surface area contributed by atoms with Crippen molar-refractivity contribution < 1.29 is 28.5 Å². The van der Waals surface area contributed by atoms with E-state index in [4.69, 9.17) is 23.7 Å². The number of rotatable bonds is 7. The first kappa shape index (κ1) is 20.9. The minimum Gasteiger partial charge on any atom is -0.493 e. The van der Waals surface area contributed by atoms with Crippen LogP contribution in [-0.4, -0.2) is 45.0 Å². The minimum atomic E-state index is -0.225. The molecule has 2 heterocycles. The Labute approximate surface area is 181 Å². The van der Waals surface area contributed by atoms with Crippen LogP contribution in [0.5, 0.6) is 28.7 Å². The van der Waals surface area contributed by atoms with Crippen molar-refractivity contribution in [3.63, 3.8) is 0 Å². The maximum atomic E-state index is 12.2. The van der Waals surface area contributed by atoms with Gasteiger partial charge in [0.05, 0.1) is 13.7 Å². The molecule has 0 fully saturated rings. The molecule has 0 unspecified atom stereocenters. The Morgan fingerprint density at radius 1 is 1.16 bits per heavy atom. The molecule has 2 aliphatic rings. The SMILES string of the molecule is COc1cc(/C=C/C(=O)NCCOc2cccc3c2OC(C)(C)C3)cc2c1OCCO2. The molecule has 7 heteroatoms. The van der Waals surface area contributed by atoms with Crippen molar-refractivity contribution in [2.24, 2.45) is 0 Å². The molecule has 2 aliphatic heterocycles. The maximum Gasteiger partial charge on any atom is 0.244 e. The predicted octanol–water partition coefficient (Wildman–Crippen LogP) is 3.39. The highest BCUT2D eigenvalue weighted by Gasteiger charge is 2.32. The summed E-state index contributed by atoms with van der Waals surface area (Å²) in [6.45, 7) is 5.80. The zero-order chi connectivity index (χ0) is 21.8. The van der Waals surface area contributed by atoms with Crippen molar-refractivity contribution in [2.75, 3.05) is 33.5 Å². The number of methoxy groups -OCH3 is 1. The summed E-state index contributed by atoms with van der Waals surface area (Å²) in [5.41, 5.74) is 1.70. The Bertz CT molecular complexity index is 981. The van der Waals surface area contributed by atoms with E-state index in [1.165, 1.54) is 6.08 Å². The maximum absolute atomic E-state index is 12.2. The van der Waals surface area contributed by atoms with Gasteiger partial charge in [0.15, 0.2) is 23.0 Å². The number of ether oxygens (including phenoxy) is 5. The van der Waals surface area contributed by atoms with E-state index in [9.17, 15) is 4.79 Å². The molecule has 0 aromatic heterocycles. The van der Waals surface area contributed by atoms with Gasteiger partial charge < -0.3 is 29.0 Å². The monoisotopic (exact) mass is 425 g/mol. The lowest BCUT2D eigenvalue weighted by atomic mass is 10.0. The summed E-state index contributed by atoms with van der Waals surface area (Å²) in [6, 6.07) is 9.52. The van der Waals surface area contributed by atoms with Crippen LogP contribution in [0.4, 0.5) is 0 Å². The smallest absolute Gasteiger partial charge is 0.244 e. The summed E-state index contributed by atoms with van der Waals surface area (Å²) in [5.74, 6) is 3.06. The van der Waals surface area contributed by atoms with Gasteiger partial charge in [-0.3, -0.25) is 4.79 Å². The average Bonchev–Trinajstić information content (AvgIpc) is 3.09. The van der Waals surface area contributed by atoms with E-state index in [0.717, 1.165) is 23.3 Å². The van der Waals surface area contributed by atoms with Gasteiger partial charge in [0.25, 0.3) is 0 Å². The summed E-state index contributed by atoms with van der Waals surface area (Å²) in [5, 5.41) is 2.82. The number of carbonyl (C=O) groups excluding carboxylic acids is 1. The fraction of sp³-hybridized carbons (Fsp3) is 0.375. The summed E-state index contributed by atoms with van der Waals surface area (Å²) >= 11 is 0. The first-order chi connectivity index (χ1) is 14.9. The van der Waals surface area contributed by atoms with Crippen molar-refractivity contribution in [3.8, 4) is 28.7 Å². The van der Waals surface area contributed by atoms with Gasteiger partial charge in [-0.1, -0.05) is 12.1 Å². The Morgan fingerprint density at radius 3 is 2.84 bits per heavy atom. The van der Waals surface area contributed by atoms with E-state index >= 15 is 0 Å². The molecule has 0 saturated carbocycles. The largest absolute Gasteiger partial charge is 0.493 e. The summed E-state index contributed by atoms with van der Waals surface area (Å²) in [4.78, 5) is 12.2. The molecule has 7 nitrogen and oxygen atoms in total. The van der Waals surface area contributed by atoms with Crippen LogP contribution in [-0.2, 0) is 11.2 Å². The van der Waals surface area contributed by atoms with Gasteiger partial charge >= 0.3 is 0 Å². The van der Waals surface area contributed by atoms with Crippen LogP contribution in [0, 0.1) is 0 Å². The standard InChI is InChI=1S/C24H27NO6/c1-24(2)15-17-5-4-6-18(22(17)31-24)28-10-9-25-21(26)8-7-16-13-19(27-3)23-20(14-16)29-11-12-30-23/h4-8,13-14H,9-12,15H2,1-3H3,(H,25,26)/b8-7+. The third kappa shape index (κ3) is 4.87. The Morgan fingerprint density at radius 2 is 2.00 bits per heavy atom. The summed E-state index contributed by atoms with van der Waals surface area (Å²) < 4.78 is 28.4. The van der Waals surface area contributed by atoms with Crippen LogP contribution in [0.25, 0.3) is 6.08 Å². The van der Waals surface area contributed by atoms with Crippen LogP contribution in [0.15, 0.2) is 36.4 Å². The summed E-state index contributed by atoms with van der Waals surface area (Å²) in [7, 11) is 1.57. The molecule has 0 radical (unpaired) electrons. The van der Waals surface area contributed by atoms with Crippen molar-refractivity contribution in [1.29, 1.82) is 0 Å². The molecule has 0 aliphatic carbocycles. The number of para-hydroxylation sites is 1. The number of amides is 1. The van der Waals surface area contributed by atoms with E-state index in [2.05, 4.69) is 25.2 Å². The molecule has 0 bridgehead atoms. The van der Waals surface area contributed by atoms with Crippen molar-refractivity contribution in [2.45, 2.75) is 25.9 Å². The lowest BCUT2D eigenvalue weighted by Gasteiger charge is -2.20. The van der Waals surface area contributed by atoms with Gasteiger partial charge in [-0.2, -0.15) is 0 Å². The van der Waals surface area contributed by atoms with Gasteiger partial charge in [0, 0.05) is 18.1 Å². The normalized spacial score (nSPS) is 15.8. The Kier molecular flexibility index (Phi) is 5.93. The Hall–Kier alpha value is -3.35. The highest BCUT2D eigenvalue weighted by molar-refractivity contribution is 5.91. The third-order valence-corrected chi connectivity index (χ3v) is 4.99. The van der Waals surface area contributed by atoms with Crippen LogP contribution in [0.2, 0.25) is 0 Å². The molecule has 0 saturated heterocycles. The van der Waals surface area contributed by atoms with Crippen molar-refractivity contribution in [1.82, 2.24) is 5.32 Å². The van der Waals surface area contributed by atoms with Gasteiger partial charge in [-0.15, -0.1) is 0 Å². The van der Waals surface area contributed by atoms with Gasteiger partial charge in [-0.05, 0) is 43.7 Å². The predicted molar refractivity (Wildman–Crippen MR) is 116 cm³/mol. The van der Waals surface area contributed by atoms with Crippen LogP contribution < -0.4 is 29.0 Å². The molecule has 31 heavy (non-hydrogen) atoms. The first-order valence-electron chi connectivity index (χ1n) is 10.3. The lowest BCUT2D eigenvalue weighted by Crippen LogP contribution is -2.26. The van der Waals surface area contributed by atoms with E-state index in [-0.39, 0.29) is 11.5 Å². The molecule has 4 rings (SSSR count). The number of fused-ring (bicyclic) bond motifs is 2. The Balaban J connectivity index is 1.29. The van der Waals surface area contributed by atoms with Crippen LogP contribution in [0.1, 0.15) is 25.0 Å². The minimum absolute atomic E-state index is 0.215. The molecule has 2 aromatic rings. The quantitative estimate of drug-likeness (QED) is 0.541. The highest BCUT2D eigenvalue weighted by atomic mass is 16.6. The lowest BCUT2D eigenvalue weighted by molar-refractivity contribution is -0.116. The second-order valence-corrected chi connectivity index (χ2v) is 8.00. The second-order valence-electron chi connectivity index (χ2n) is 8.00. The zero-order valence-electron chi connectivity index (χ0n) is 18.0. The molecule has 0 atom stereocenters. The third-order valence-electron chi connectivity index (χ3n) is 4.99. The number of hydrogen-bond acceptors (Lipinski definition) is 6. The molecule has 2 aromatic carbocycles. The second kappa shape index (κ2) is 8.79. The zero-order valence-corrected chi connectivity index (χ0v) is 18.0. The van der Waals surface area contributed by atoms with E-state index in [0.29, 0.717) is 49.4 Å². The van der Waals surface area contributed by atoms with Gasteiger partial charge in [0.2, 0.25) is 11.7 Å². The molecular weight excluding hydrogens is 398 g/mol. The van der Waals surface area contributed by atoms with Crippen molar-refractivity contribution >= 4 is 12.0 Å². The molecule has 1 amide bonds.